The maximum absolute atomic E-state index is 14.0. The average Bonchev–Trinajstić information content (AvgIpc) is 3.29. The molecule has 4 rings (SSSR count). The molecule has 2 aromatic heterocycles. The Morgan fingerprint density at radius 1 is 1.19 bits per heavy atom. The van der Waals surface area contributed by atoms with E-state index >= 15 is 0 Å². The number of amides is 2. The van der Waals surface area contributed by atoms with Gasteiger partial charge in [-0.05, 0) is 65.7 Å². The van der Waals surface area contributed by atoms with Crippen molar-refractivity contribution in [1.29, 1.82) is 0 Å². The van der Waals surface area contributed by atoms with Crippen molar-refractivity contribution in [2.45, 2.75) is 38.8 Å². The quantitative estimate of drug-likeness (QED) is 0.528. The van der Waals surface area contributed by atoms with E-state index < -0.39 is 0 Å². The number of thiophene rings is 1. The van der Waals surface area contributed by atoms with Crippen LogP contribution in [0.15, 0.2) is 60.2 Å². The molecule has 2 amide bonds. The van der Waals surface area contributed by atoms with Gasteiger partial charge in [0, 0.05) is 49.7 Å². The lowest BCUT2D eigenvalue weighted by molar-refractivity contribution is -0.138. The summed E-state index contributed by atoms with van der Waals surface area (Å²) in [5.41, 5.74) is 2.82. The molecule has 166 valence electrons. The number of nitrogens with zero attached hydrogens (tertiary/aromatic N) is 3. The largest absolute Gasteiger partial charge is 0.339 e. The summed E-state index contributed by atoms with van der Waals surface area (Å²) < 4.78 is 14.0. The van der Waals surface area contributed by atoms with Crippen LogP contribution in [0.1, 0.15) is 47.4 Å². The van der Waals surface area contributed by atoms with Gasteiger partial charge in [-0.15, -0.1) is 11.3 Å². The van der Waals surface area contributed by atoms with Gasteiger partial charge in [-0.25, -0.2) is 4.39 Å². The molecule has 0 radical (unpaired) electrons. The highest BCUT2D eigenvalue weighted by Gasteiger charge is 2.33. The number of hydrogen-bond acceptors (Lipinski definition) is 4. The second kappa shape index (κ2) is 10.0. The predicted molar refractivity (Wildman–Crippen MR) is 123 cm³/mol. The first-order valence-corrected chi connectivity index (χ1v) is 11.7. The van der Waals surface area contributed by atoms with Crippen LogP contribution in [0.3, 0.4) is 0 Å². The third-order valence-electron chi connectivity index (χ3n) is 5.86. The Bertz CT molecular complexity index is 1090. The van der Waals surface area contributed by atoms with Crippen LogP contribution in [0.4, 0.5) is 4.39 Å². The molecular formula is C25H26FN3O2S. The Labute approximate surface area is 191 Å². The van der Waals surface area contributed by atoms with Crippen molar-refractivity contribution < 1.29 is 14.0 Å². The lowest BCUT2D eigenvalue weighted by Gasteiger charge is -2.36. The summed E-state index contributed by atoms with van der Waals surface area (Å²) in [6.07, 6.45) is 4.48. The highest BCUT2D eigenvalue weighted by molar-refractivity contribution is 7.10. The lowest BCUT2D eigenvalue weighted by atomic mass is 9.92. The van der Waals surface area contributed by atoms with Gasteiger partial charge in [0.1, 0.15) is 5.82 Å². The van der Waals surface area contributed by atoms with Crippen molar-refractivity contribution in [2.24, 2.45) is 0 Å². The summed E-state index contributed by atoms with van der Waals surface area (Å²) in [7, 11) is 0. The Morgan fingerprint density at radius 2 is 2.00 bits per heavy atom. The molecule has 3 aromatic rings. The highest BCUT2D eigenvalue weighted by atomic mass is 32.1. The minimum absolute atomic E-state index is 0.0480. The van der Waals surface area contributed by atoms with Crippen LogP contribution in [0.2, 0.25) is 0 Å². The molecule has 5 nitrogen and oxygen atoms in total. The van der Waals surface area contributed by atoms with E-state index in [4.69, 9.17) is 0 Å². The number of hydrogen-bond donors (Lipinski definition) is 0. The molecule has 0 saturated carbocycles. The summed E-state index contributed by atoms with van der Waals surface area (Å²) >= 11 is 1.67. The SMILES string of the molecule is CCN(Cc1ccncc1)C(=O)CCC(=O)N1CCc2sccc2C1c1cccc(F)c1. The third-order valence-corrected chi connectivity index (χ3v) is 6.86. The van der Waals surface area contributed by atoms with Crippen molar-refractivity contribution in [2.75, 3.05) is 13.1 Å². The molecule has 0 saturated heterocycles. The Hall–Kier alpha value is -3.06. The van der Waals surface area contributed by atoms with Crippen molar-refractivity contribution in [3.63, 3.8) is 0 Å². The Morgan fingerprint density at radius 3 is 2.75 bits per heavy atom. The summed E-state index contributed by atoms with van der Waals surface area (Å²) in [6.45, 7) is 3.57. The van der Waals surface area contributed by atoms with Gasteiger partial charge in [-0.1, -0.05) is 12.1 Å². The van der Waals surface area contributed by atoms with Crippen LogP contribution in [-0.2, 0) is 22.6 Å². The molecule has 3 heterocycles. The van der Waals surface area contributed by atoms with Crippen LogP contribution >= 0.6 is 11.3 Å². The fraction of sp³-hybridized carbons (Fsp3) is 0.320. The first-order chi connectivity index (χ1) is 15.6. The van der Waals surface area contributed by atoms with Crippen molar-refractivity contribution in [1.82, 2.24) is 14.8 Å². The Balaban J connectivity index is 1.46. The topological polar surface area (TPSA) is 53.5 Å². The zero-order valence-electron chi connectivity index (χ0n) is 18.0. The number of fused-ring (bicyclic) bond motifs is 1. The molecule has 32 heavy (non-hydrogen) atoms. The maximum Gasteiger partial charge on any atom is 0.223 e. The first kappa shape index (κ1) is 22.1. The van der Waals surface area contributed by atoms with Gasteiger partial charge < -0.3 is 9.80 Å². The number of halogens is 1. The van der Waals surface area contributed by atoms with E-state index in [-0.39, 0.29) is 36.5 Å². The summed E-state index contributed by atoms with van der Waals surface area (Å²) in [6, 6.07) is 11.9. The van der Waals surface area contributed by atoms with Crippen molar-refractivity contribution in [3.05, 3.63) is 87.6 Å². The number of carbonyl (C=O) groups excluding carboxylic acids is 2. The molecular weight excluding hydrogens is 425 g/mol. The van der Waals surface area contributed by atoms with E-state index in [1.165, 1.54) is 17.0 Å². The zero-order chi connectivity index (χ0) is 22.5. The van der Waals surface area contributed by atoms with Gasteiger partial charge in [-0.2, -0.15) is 0 Å². The van der Waals surface area contributed by atoms with Crippen LogP contribution in [0, 0.1) is 5.82 Å². The highest BCUT2D eigenvalue weighted by Crippen LogP contribution is 2.38. The molecule has 1 aliphatic rings. The van der Waals surface area contributed by atoms with Gasteiger partial charge in [0.25, 0.3) is 0 Å². The molecule has 0 aliphatic carbocycles. The van der Waals surface area contributed by atoms with E-state index in [1.807, 2.05) is 36.6 Å². The summed E-state index contributed by atoms with van der Waals surface area (Å²) in [5, 5.41) is 2.02. The summed E-state index contributed by atoms with van der Waals surface area (Å²) in [4.78, 5) is 34.8. The number of rotatable bonds is 7. The van der Waals surface area contributed by atoms with E-state index in [2.05, 4.69) is 4.98 Å². The standard InChI is InChI=1S/C25H26FN3O2S/c1-2-28(17-18-8-12-27-13-9-18)23(30)6-7-24(31)29-14-10-22-21(11-15-32-22)25(29)19-4-3-5-20(26)16-19/h3-5,8-9,11-13,15-16,25H,2,6-7,10,14,17H2,1H3. The average molecular weight is 452 g/mol. The normalized spacial score (nSPS) is 15.3. The van der Waals surface area contributed by atoms with E-state index in [9.17, 15) is 14.0 Å². The second-order valence-corrected chi connectivity index (χ2v) is 8.86. The first-order valence-electron chi connectivity index (χ1n) is 10.8. The molecule has 7 heteroatoms. The third kappa shape index (κ3) is 4.88. The molecule has 0 fully saturated rings. The monoisotopic (exact) mass is 451 g/mol. The number of pyridine rings is 1. The van der Waals surface area contributed by atoms with Crippen LogP contribution < -0.4 is 0 Å². The van der Waals surface area contributed by atoms with E-state index in [1.54, 1.807) is 39.6 Å². The van der Waals surface area contributed by atoms with Gasteiger partial charge >= 0.3 is 0 Å². The fourth-order valence-electron chi connectivity index (χ4n) is 4.22. The van der Waals surface area contributed by atoms with Crippen LogP contribution in [0.25, 0.3) is 0 Å². The van der Waals surface area contributed by atoms with Crippen LogP contribution in [-0.4, -0.2) is 39.7 Å². The molecule has 1 atom stereocenters. The minimum Gasteiger partial charge on any atom is -0.339 e. The second-order valence-electron chi connectivity index (χ2n) is 7.86. The van der Waals surface area contributed by atoms with E-state index in [0.29, 0.717) is 19.6 Å². The minimum atomic E-state index is -0.317. The molecule has 0 N–H and O–H groups in total. The number of aromatic nitrogens is 1. The lowest BCUT2D eigenvalue weighted by Crippen LogP contribution is -2.40. The predicted octanol–water partition coefficient (Wildman–Crippen LogP) is 4.59. The van der Waals surface area contributed by atoms with Gasteiger partial charge in [0.15, 0.2) is 0 Å². The zero-order valence-corrected chi connectivity index (χ0v) is 18.9. The van der Waals surface area contributed by atoms with Crippen LogP contribution in [0.5, 0.6) is 0 Å². The molecule has 0 spiro atoms. The molecule has 1 aromatic carbocycles. The fourth-order valence-corrected chi connectivity index (χ4v) is 5.13. The van der Waals surface area contributed by atoms with Gasteiger partial charge in [-0.3, -0.25) is 14.6 Å². The molecule has 0 bridgehead atoms. The molecule has 1 aliphatic heterocycles. The number of benzene rings is 1. The van der Waals surface area contributed by atoms with Gasteiger partial charge in [0.2, 0.25) is 11.8 Å². The van der Waals surface area contributed by atoms with E-state index in [0.717, 1.165) is 23.1 Å². The molecule has 1 unspecified atom stereocenters. The van der Waals surface area contributed by atoms with Crippen molar-refractivity contribution in [3.8, 4) is 0 Å². The Kier molecular flexibility index (Phi) is 6.95. The number of carbonyl (C=O) groups is 2. The van der Waals surface area contributed by atoms with Gasteiger partial charge in [0.05, 0.1) is 6.04 Å². The van der Waals surface area contributed by atoms with Crippen molar-refractivity contribution >= 4 is 23.2 Å². The maximum atomic E-state index is 14.0. The summed E-state index contributed by atoms with van der Waals surface area (Å²) in [5.74, 6) is -0.445. The smallest absolute Gasteiger partial charge is 0.223 e.